The number of furan rings is 1. The Morgan fingerprint density at radius 2 is 2.21 bits per heavy atom. The van der Waals surface area contributed by atoms with Crippen molar-refractivity contribution in [3.8, 4) is 0 Å². The van der Waals surface area contributed by atoms with Crippen molar-refractivity contribution in [2.75, 3.05) is 12.4 Å². The molecule has 2 heterocycles. The third-order valence-corrected chi connectivity index (χ3v) is 4.32. The molecule has 0 saturated carbocycles. The predicted octanol–water partition coefficient (Wildman–Crippen LogP) is 2.95. The molecular weight excluding hydrogens is 260 g/mol. The van der Waals surface area contributed by atoms with Crippen molar-refractivity contribution >= 4 is 23.4 Å². The zero-order valence-electron chi connectivity index (χ0n) is 10.7. The van der Waals surface area contributed by atoms with Crippen molar-refractivity contribution in [1.29, 1.82) is 0 Å². The summed E-state index contributed by atoms with van der Waals surface area (Å²) in [5.74, 6) is 0.904. The Hall–Kier alpha value is -1.72. The molecular formula is C14H14N2O2S. The average molecular weight is 274 g/mol. The SMILES string of the molecule is CNC1C(=O)Nc2cc(Sc3ccoc3C)ccc21. The second kappa shape index (κ2) is 4.75. The number of nitrogens with one attached hydrogen (secondary N) is 2. The molecule has 4 nitrogen and oxygen atoms in total. The average Bonchev–Trinajstić information content (AvgIpc) is 2.92. The smallest absolute Gasteiger partial charge is 0.246 e. The van der Waals surface area contributed by atoms with Gasteiger partial charge in [-0.3, -0.25) is 4.79 Å². The first-order valence-electron chi connectivity index (χ1n) is 6.03. The van der Waals surface area contributed by atoms with E-state index in [4.69, 9.17) is 4.42 Å². The molecule has 0 spiro atoms. The standard InChI is InChI=1S/C14H14N2O2S/c1-8-12(5-6-18-8)19-9-3-4-10-11(7-9)16-14(17)13(10)15-2/h3-7,13,15H,1-2H3,(H,16,17). The van der Waals surface area contributed by atoms with Crippen LogP contribution in [0, 0.1) is 6.92 Å². The highest BCUT2D eigenvalue weighted by Gasteiger charge is 2.29. The fourth-order valence-corrected chi connectivity index (χ4v) is 3.08. The van der Waals surface area contributed by atoms with E-state index in [1.165, 1.54) is 0 Å². The Morgan fingerprint density at radius 3 is 2.89 bits per heavy atom. The zero-order chi connectivity index (χ0) is 13.4. The van der Waals surface area contributed by atoms with Crippen LogP contribution >= 0.6 is 11.8 Å². The highest BCUT2D eigenvalue weighted by Crippen LogP contribution is 2.37. The Morgan fingerprint density at radius 1 is 1.37 bits per heavy atom. The second-order valence-corrected chi connectivity index (χ2v) is 5.52. The molecule has 0 aliphatic carbocycles. The monoisotopic (exact) mass is 274 g/mol. The van der Waals surface area contributed by atoms with E-state index in [0.29, 0.717) is 0 Å². The molecule has 5 heteroatoms. The van der Waals surface area contributed by atoms with Gasteiger partial charge in [0.1, 0.15) is 11.8 Å². The highest BCUT2D eigenvalue weighted by molar-refractivity contribution is 7.99. The molecule has 2 aromatic rings. The minimum absolute atomic E-state index is 0.000795. The second-order valence-electron chi connectivity index (χ2n) is 4.40. The van der Waals surface area contributed by atoms with E-state index in [0.717, 1.165) is 26.8 Å². The Kier molecular flexibility index (Phi) is 3.08. The number of carbonyl (C=O) groups excluding carboxylic acids is 1. The fourth-order valence-electron chi connectivity index (χ4n) is 2.20. The van der Waals surface area contributed by atoms with Crippen molar-refractivity contribution in [2.24, 2.45) is 0 Å². The van der Waals surface area contributed by atoms with Gasteiger partial charge in [-0.2, -0.15) is 0 Å². The van der Waals surface area contributed by atoms with E-state index >= 15 is 0 Å². The van der Waals surface area contributed by atoms with E-state index in [9.17, 15) is 4.79 Å². The minimum Gasteiger partial charge on any atom is -0.468 e. The number of benzene rings is 1. The summed E-state index contributed by atoms with van der Waals surface area (Å²) >= 11 is 1.63. The summed E-state index contributed by atoms with van der Waals surface area (Å²) in [6, 6.07) is 7.72. The van der Waals surface area contributed by atoms with E-state index in [2.05, 4.69) is 10.6 Å². The first kappa shape index (κ1) is 12.3. The van der Waals surface area contributed by atoms with Crippen molar-refractivity contribution < 1.29 is 9.21 Å². The number of likely N-dealkylation sites (N-methyl/N-ethyl adjacent to an activating group) is 1. The van der Waals surface area contributed by atoms with E-state index in [-0.39, 0.29) is 11.9 Å². The number of anilines is 1. The maximum absolute atomic E-state index is 11.7. The Balaban J connectivity index is 1.89. The number of carbonyl (C=O) groups is 1. The van der Waals surface area contributed by atoms with Gasteiger partial charge in [0.25, 0.3) is 0 Å². The van der Waals surface area contributed by atoms with Crippen LogP contribution in [-0.2, 0) is 4.79 Å². The van der Waals surface area contributed by atoms with Crippen LogP contribution < -0.4 is 10.6 Å². The first-order valence-corrected chi connectivity index (χ1v) is 6.84. The van der Waals surface area contributed by atoms with Crippen LogP contribution in [0.15, 0.2) is 44.7 Å². The molecule has 1 aromatic carbocycles. The summed E-state index contributed by atoms with van der Waals surface area (Å²) < 4.78 is 5.28. The molecule has 0 bridgehead atoms. The lowest BCUT2D eigenvalue weighted by Crippen LogP contribution is -2.23. The highest BCUT2D eigenvalue weighted by atomic mass is 32.2. The van der Waals surface area contributed by atoms with Gasteiger partial charge in [0.05, 0.1) is 11.2 Å². The third-order valence-electron chi connectivity index (χ3n) is 3.18. The molecule has 0 fully saturated rings. The molecule has 2 N–H and O–H groups in total. The molecule has 1 unspecified atom stereocenters. The van der Waals surface area contributed by atoms with Gasteiger partial charge in [-0.1, -0.05) is 17.8 Å². The van der Waals surface area contributed by atoms with E-state index in [1.54, 1.807) is 25.1 Å². The van der Waals surface area contributed by atoms with Gasteiger partial charge in [0.2, 0.25) is 5.91 Å². The molecule has 19 heavy (non-hydrogen) atoms. The lowest BCUT2D eigenvalue weighted by molar-refractivity contribution is -0.117. The number of aryl methyl sites for hydroxylation is 1. The zero-order valence-corrected chi connectivity index (χ0v) is 11.5. The maximum Gasteiger partial charge on any atom is 0.246 e. The van der Waals surface area contributed by atoms with Gasteiger partial charge in [0, 0.05) is 16.1 Å². The van der Waals surface area contributed by atoms with Gasteiger partial charge in [-0.25, -0.2) is 0 Å². The Bertz CT molecular complexity index is 636. The number of hydrogen-bond acceptors (Lipinski definition) is 4. The number of hydrogen-bond donors (Lipinski definition) is 2. The maximum atomic E-state index is 11.7. The fraction of sp³-hybridized carbons (Fsp3) is 0.214. The summed E-state index contributed by atoms with van der Waals surface area (Å²) in [6.45, 7) is 1.94. The van der Waals surface area contributed by atoms with Crippen LogP contribution in [0.1, 0.15) is 17.4 Å². The van der Waals surface area contributed by atoms with Gasteiger partial charge < -0.3 is 15.1 Å². The quantitative estimate of drug-likeness (QED) is 0.903. The minimum atomic E-state index is -0.246. The lowest BCUT2D eigenvalue weighted by atomic mass is 10.1. The van der Waals surface area contributed by atoms with Crippen LogP contribution in [0.25, 0.3) is 0 Å². The summed E-state index contributed by atoms with van der Waals surface area (Å²) in [5.41, 5.74) is 1.89. The van der Waals surface area contributed by atoms with Crippen molar-refractivity contribution in [2.45, 2.75) is 22.8 Å². The summed E-state index contributed by atoms with van der Waals surface area (Å²) in [5, 5.41) is 5.90. The molecule has 1 aliphatic heterocycles. The molecule has 1 atom stereocenters. The number of fused-ring (bicyclic) bond motifs is 1. The van der Waals surface area contributed by atoms with Gasteiger partial charge in [0.15, 0.2) is 0 Å². The van der Waals surface area contributed by atoms with Crippen LogP contribution in [0.3, 0.4) is 0 Å². The summed E-state index contributed by atoms with van der Waals surface area (Å²) in [4.78, 5) is 13.9. The molecule has 1 amide bonds. The summed E-state index contributed by atoms with van der Waals surface area (Å²) in [6.07, 6.45) is 1.68. The van der Waals surface area contributed by atoms with Crippen LogP contribution in [-0.4, -0.2) is 13.0 Å². The van der Waals surface area contributed by atoms with Gasteiger partial charge in [-0.15, -0.1) is 0 Å². The largest absolute Gasteiger partial charge is 0.468 e. The topological polar surface area (TPSA) is 54.3 Å². The Labute approximate surface area is 115 Å². The number of rotatable bonds is 3. The first-order chi connectivity index (χ1) is 9.19. The van der Waals surface area contributed by atoms with E-state index < -0.39 is 0 Å². The normalized spacial score (nSPS) is 17.4. The molecule has 1 aromatic heterocycles. The molecule has 98 valence electrons. The predicted molar refractivity (Wildman–Crippen MR) is 74.4 cm³/mol. The molecule has 0 radical (unpaired) electrons. The van der Waals surface area contributed by atoms with Crippen LogP contribution in [0.4, 0.5) is 5.69 Å². The molecule has 3 rings (SSSR count). The number of amides is 1. The van der Waals surface area contributed by atoms with Crippen molar-refractivity contribution in [3.63, 3.8) is 0 Å². The third kappa shape index (κ3) is 2.15. The van der Waals surface area contributed by atoms with Gasteiger partial charge >= 0.3 is 0 Å². The van der Waals surface area contributed by atoms with Crippen molar-refractivity contribution in [1.82, 2.24) is 5.32 Å². The van der Waals surface area contributed by atoms with Crippen molar-refractivity contribution in [3.05, 3.63) is 41.9 Å². The molecule has 0 saturated heterocycles. The van der Waals surface area contributed by atoms with Gasteiger partial charge in [-0.05, 0) is 32.2 Å². The lowest BCUT2D eigenvalue weighted by Gasteiger charge is -2.07. The van der Waals surface area contributed by atoms with E-state index in [1.807, 2.05) is 31.2 Å². The summed E-state index contributed by atoms with van der Waals surface area (Å²) in [7, 11) is 1.79. The van der Waals surface area contributed by atoms with Crippen LogP contribution in [0.2, 0.25) is 0 Å². The van der Waals surface area contributed by atoms with Crippen LogP contribution in [0.5, 0.6) is 0 Å². The molecule has 1 aliphatic rings.